The first kappa shape index (κ1) is 33.0. The number of phenolic OH excluding ortho intramolecular Hbond substituents is 1. The predicted octanol–water partition coefficient (Wildman–Crippen LogP) is 3.37. The summed E-state index contributed by atoms with van der Waals surface area (Å²) in [5.41, 5.74) is 4.71. The Morgan fingerprint density at radius 3 is 2.24 bits per heavy atom. The number of alkyl halides is 3. The quantitative estimate of drug-likeness (QED) is 0.158. The molecule has 45 heavy (non-hydrogen) atoms. The molecule has 17 heteroatoms. The summed E-state index contributed by atoms with van der Waals surface area (Å²) in [6, 6.07) is 10.5. The molecule has 1 aliphatic rings. The summed E-state index contributed by atoms with van der Waals surface area (Å²) in [5, 5.41) is 22.1. The molecule has 240 valence electrons. The lowest BCUT2D eigenvalue weighted by atomic mass is 9.93. The largest absolute Gasteiger partial charge is 0.507 e. The van der Waals surface area contributed by atoms with Crippen LogP contribution in [-0.4, -0.2) is 63.7 Å². The summed E-state index contributed by atoms with van der Waals surface area (Å²) < 4.78 is 43.4. The molecule has 7 N–H and O–H groups in total. The Hall–Kier alpha value is -4.86. The van der Waals surface area contributed by atoms with Crippen LogP contribution in [0.4, 0.5) is 30.8 Å². The number of aromatic nitrogens is 3. The summed E-state index contributed by atoms with van der Waals surface area (Å²) in [6.07, 6.45) is -3.22. The maximum Gasteiger partial charge on any atom is 0.422 e. The van der Waals surface area contributed by atoms with Gasteiger partial charge in [0.15, 0.2) is 6.61 Å². The van der Waals surface area contributed by atoms with Gasteiger partial charge < -0.3 is 36.8 Å². The summed E-state index contributed by atoms with van der Waals surface area (Å²) in [7, 11) is 0. The van der Waals surface area contributed by atoms with Crippen molar-refractivity contribution in [3.05, 3.63) is 58.6 Å². The van der Waals surface area contributed by atoms with Crippen LogP contribution in [0.1, 0.15) is 42.6 Å². The highest BCUT2D eigenvalue weighted by Gasteiger charge is 2.45. The van der Waals surface area contributed by atoms with Crippen LogP contribution in [0.3, 0.4) is 0 Å². The van der Waals surface area contributed by atoms with E-state index >= 15 is 0 Å². The van der Waals surface area contributed by atoms with Crippen molar-refractivity contribution < 1.29 is 37.4 Å². The maximum absolute atomic E-state index is 12.9. The molecule has 2 aromatic carbocycles. The second kappa shape index (κ2) is 13.0. The van der Waals surface area contributed by atoms with E-state index in [-0.39, 0.29) is 36.2 Å². The van der Waals surface area contributed by atoms with Gasteiger partial charge in [-0.3, -0.25) is 14.4 Å². The smallest absolute Gasteiger partial charge is 0.422 e. The molecule has 4 rings (SSSR count). The van der Waals surface area contributed by atoms with Crippen molar-refractivity contribution in [2.75, 3.05) is 30.3 Å². The number of nitrogens with one attached hydrogen (secondary N) is 4. The normalized spacial score (nSPS) is 13.8. The summed E-state index contributed by atoms with van der Waals surface area (Å²) in [5.74, 6) is -3.37. The Bertz CT molecular complexity index is 1580. The minimum Gasteiger partial charge on any atom is -0.507 e. The number of benzene rings is 2. The van der Waals surface area contributed by atoms with Gasteiger partial charge in [-0.25, -0.2) is 0 Å². The Balaban J connectivity index is 1.48. The van der Waals surface area contributed by atoms with Crippen molar-refractivity contribution in [1.29, 1.82) is 0 Å². The number of halogens is 4. The Morgan fingerprint density at radius 1 is 1.00 bits per heavy atom. The Kier molecular flexibility index (Phi) is 9.56. The van der Waals surface area contributed by atoms with Gasteiger partial charge in [-0.1, -0.05) is 37.6 Å². The first-order valence-electron chi connectivity index (χ1n) is 13.5. The number of ether oxygens (including phenoxy) is 1. The molecular weight excluding hydrogens is 621 g/mol. The number of anilines is 3. The summed E-state index contributed by atoms with van der Waals surface area (Å²) in [4.78, 5) is 47.3. The van der Waals surface area contributed by atoms with Gasteiger partial charge in [0.05, 0.1) is 11.1 Å². The van der Waals surface area contributed by atoms with Crippen molar-refractivity contribution in [3.63, 3.8) is 0 Å². The number of amides is 3. The topological polar surface area (TPSA) is 193 Å². The molecule has 0 unspecified atom stereocenters. The van der Waals surface area contributed by atoms with Crippen LogP contribution >= 0.6 is 11.6 Å². The van der Waals surface area contributed by atoms with Crippen molar-refractivity contribution in [1.82, 2.24) is 25.6 Å². The van der Waals surface area contributed by atoms with Gasteiger partial charge in [-0.2, -0.15) is 28.1 Å². The standard InChI is InChI=1S/C28H30ClF3N8O5/c1-26(2,13-35-22(44)20(33)42)12-34-21(43)18-8-7-17(11-19(18)41)36-23-37-24(39-25(38-23)45-14-28(30,31)32)40-27(9-10-27)15-3-5-16(29)6-4-15/h3-8,11,41H,9-10,12-14H2,1-2H3,(H2,33,42)(H,34,43)(H,35,44)(H2,36,37,38,39,40). The molecule has 0 radical (unpaired) electrons. The van der Waals surface area contributed by atoms with Crippen molar-refractivity contribution >= 4 is 46.9 Å². The first-order valence-corrected chi connectivity index (χ1v) is 13.9. The third kappa shape index (κ3) is 9.31. The molecule has 3 amide bonds. The maximum atomic E-state index is 12.9. The second-order valence-electron chi connectivity index (χ2n) is 11.1. The van der Waals surface area contributed by atoms with Crippen LogP contribution in [-0.2, 0) is 15.1 Å². The zero-order valence-electron chi connectivity index (χ0n) is 24.1. The lowest BCUT2D eigenvalue weighted by Crippen LogP contribution is -2.45. The number of aromatic hydroxyl groups is 1. The SMILES string of the molecule is CC(C)(CNC(=O)C(N)=O)CNC(=O)c1ccc(Nc2nc(NC3(c4ccc(Cl)cc4)CC3)nc(OCC(F)(F)F)n2)cc1O. The Labute approximate surface area is 260 Å². The third-order valence-corrected chi connectivity index (χ3v) is 6.91. The van der Waals surface area contributed by atoms with E-state index in [1.165, 1.54) is 18.2 Å². The molecular formula is C28H30ClF3N8O5. The fourth-order valence-electron chi connectivity index (χ4n) is 4.09. The van der Waals surface area contributed by atoms with Gasteiger partial charge in [-0.15, -0.1) is 0 Å². The molecule has 1 fully saturated rings. The molecule has 1 aliphatic carbocycles. The fourth-order valence-corrected chi connectivity index (χ4v) is 4.21. The van der Waals surface area contributed by atoms with E-state index < -0.39 is 53.2 Å². The number of hydrogen-bond acceptors (Lipinski definition) is 10. The van der Waals surface area contributed by atoms with Gasteiger partial charge >= 0.3 is 24.0 Å². The molecule has 1 heterocycles. The number of rotatable bonds is 12. The van der Waals surface area contributed by atoms with Crippen molar-refractivity contribution in [3.8, 4) is 11.8 Å². The fraction of sp³-hybridized carbons (Fsp3) is 0.357. The third-order valence-electron chi connectivity index (χ3n) is 6.66. The number of hydrogen-bond donors (Lipinski definition) is 6. The highest BCUT2D eigenvalue weighted by molar-refractivity contribution is 6.34. The molecule has 0 bridgehead atoms. The van der Waals surface area contributed by atoms with Gasteiger partial charge in [0, 0.05) is 29.9 Å². The highest BCUT2D eigenvalue weighted by atomic mass is 35.5. The summed E-state index contributed by atoms with van der Waals surface area (Å²) >= 11 is 6.00. The summed E-state index contributed by atoms with van der Waals surface area (Å²) in [6.45, 7) is 1.95. The van der Waals surface area contributed by atoms with E-state index in [1.54, 1.807) is 26.0 Å². The monoisotopic (exact) mass is 650 g/mol. The van der Waals surface area contributed by atoms with E-state index in [2.05, 4.69) is 36.2 Å². The van der Waals surface area contributed by atoms with E-state index in [1.807, 2.05) is 12.1 Å². The molecule has 0 atom stereocenters. The minimum absolute atomic E-state index is 0.0438. The van der Waals surface area contributed by atoms with Crippen LogP contribution < -0.4 is 31.7 Å². The number of nitrogens with zero attached hydrogens (tertiary/aromatic N) is 3. The number of carbonyl (C=O) groups excluding carboxylic acids is 3. The van der Waals surface area contributed by atoms with Crippen molar-refractivity contribution in [2.24, 2.45) is 11.1 Å². The van der Waals surface area contributed by atoms with Gasteiger partial charge in [0.25, 0.3) is 5.91 Å². The molecule has 0 aliphatic heterocycles. The van der Waals surface area contributed by atoms with Gasteiger partial charge in [-0.05, 0) is 48.1 Å². The van der Waals surface area contributed by atoms with E-state index in [9.17, 15) is 32.7 Å². The average molecular weight is 651 g/mol. The zero-order chi connectivity index (χ0) is 33.0. The van der Waals surface area contributed by atoms with E-state index in [0.29, 0.717) is 17.9 Å². The molecule has 0 saturated heterocycles. The lowest BCUT2D eigenvalue weighted by molar-refractivity contribution is -0.154. The first-order chi connectivity index (χ1) is 21.0. The minimum atomic E-state index is -4.64. The highest BCUT2D eigenvalue weighted by Crippen LogP contribution is 2.48. The molecule has 3 aromatic rings. The van der Waals surface area contributed by atoms with Gasteiger partial charge in [0.1, 0.15) is 5.75 Å². The molecule has 0 spiro atoms. The number of carbonyl (C=O) groups is 3. The van der Waals surface area contributed by atoms with Crippen LogP contribution in [0.5, 0.6) is 11.8 Å². The van der Waals surface area contributed by atoms with Crippen LogP contribution in [0, 0.1) is 5.41 Å². The van der Waals surface area contributed by atoms with Crippen molar-refractivity contribution in [2.45, 2.75) is 38.4 Å². The van der Waals surface area contributed by atoms with Crippen LogP contribution in [0.2, 0.25) is 5.02 Å². The molecule has 1 aromatic heterocycles. The van der Waals surface area contributed by atoms with Crippen LogP contribution in [0.15, 0.2) is 42.5 Å². The van der Waals surface area contributed by atoms with Crippen LogP contribution in [0.25, 0.3) is 0 Å². The second-order valence-corrected chi connectivity index (χ2v) is 11.6. The predicted molar refractivity (Wildman–Crippen MR) is 157 cm³/mol. The number of phenols is 1. The molecule has 13 nitrogen and oxygen atoms in total. The average Bonchev–Trinajstić information content (AvgIpc) is 3.74. The Morgan fingerprint density at radius 2 is 1.64 bits per heavy atom. The molecule has 1 saturated carbocycles. The lowest BCUT2D eigenvalue weighted by Gasteiger charge is -2.25. The van der Waals surface area contributed by atoms with E-state index in [4.69, 9.17) is 22.1 Å². The number of nitrogens with two attached hydrogens (primary N) is 1. The zero-order valence-corrected chi connectivity index (χ0v) is 24.8. The van der Waals surface area contributed by atoms with Gasteiger partial charge in [0.2, 0.25) is 11.9 Å². The van der Waals surface area contributed by atoms with E-state index in [0.717, 1.165) is 5.56 Å². The number of primary amides is 1.